The van der Waals surface area contributed by atoms with Gasteiger partial charge >= 0.3 is 0 Å². The Morgan fingerprint density at radius 3 is 2.33 bits per heavy atom. The van der Waals surface area contributed by atoms with Crippen LogP contribution in [0.2, 0.25) is 0 Å². The molecule has 0 bridgehead atoms. The van der Waals surface area contributed by atoms with E-state index in [1.54, 1.807) is 6.92 Å². The second-order valence-corrected chi connectivity index (χ2v) is 5.39. The van der Waals surface area contributed by atoms with Crippen molar-refractivity contribution in [1.82, 2.24) is 0 Å². The minimum absolute atomic E-state index is 0.0432. The van der Waals surface area contributed by atoms with Gasteiger partial charge < -0.3 is 5.32 Å². The molecular weight excluding hydrogens is 290 g/mol. The fourth-order valence-electron chi connectivity index (χ4n) is 1.69. The van der Waals surface area contributed by atoms with Crippen LogP contribution in [0.3, 0.4) is 0 Å². The summed E-state index contributed by atoms with van der Waals surface area (Å²) in [5, 5.41) is 2.92. The van der Waals surface area contributed by atoms with E-state index < -0.39 is 0 Å². The van der Waals surface area contributed by atoms with Crippen molar-refractivity contribution >= 4 is 27.5 Å². The van der Waals surface area contributed by atoms with Gasteiger partial charge in [0.05, 0.1) is 4.83 Å². The number of para-hydroxylation sites is 1. The van der Waals surface area contributed by atoms with E-state index in [0.29, 0.717) is 0 Å². The van der Waals surface area contributed by atoms with Gasteiger partial charge in [-0.15, -0.1) is 0 Å². The summed E-state index contributed by atoms with van der Waals surface area (Å²) in [7, 11) is 0. The van der Waals surface area contributed by atoms with Crippen LogP contribution in [0.5, 0.6) is 0 Å². The van der Waals surface area contributed by atoms with Gasteiger partial charge in [-0.1, -0.05) is 64.5 Å². The lowest BCUT2D eigenvalue weighted by Crippen LogP contribution is -2.20. The van der Waals surface area contributed by atoms with Crippen molar-refractivity contribution in [2.24, 2.45) is 0 Å². The lowest BCUT2D eigenvalue weighted by atomic mass is 10.0. The maximum absolute atomic E-state index is 11.7. The van der Waals surface area contributed by atoms with E-state index >= 15 is 0 Å². The fraction of sp³-hybridized carbons (Fsp3) is 0.133. The first-order valence-electron chi connectivity index (χ1n) is 5.78. The van der Waals surface area contributed by atoms with Gasteiger partial charge in [0, 0.05) is 11.3 Å². The molecule has 1 N–H and O–H groups in total. The maximum Gasteiger partial charge on any atom is 0.237 e. The van der Waals surface area contributed by atoms with Crippen LogP contribution in [0.15, 0.2) is 54.6 Å². The van der Waals surface area contributed by atoms with Crippen LogP contribution in [-0.2, 0) is 4.79 Å². The normalized spacial score (nSPS) is 11.9. The summed E-state index contributed by atoms with van der Waals surface area (Å²) < 4.78 is 0. The average Bonchev–Trinajstić information content (AvgIpc) is 2.40. The Morgan fingerprint density at radius 1 is 1.06 bits per heavy atom. The lowest BCUT2D eigenvalue weighted by Gasteiger charge is -2.12. The molecule has 0 aliphatic heterocycles. The van der Waals surface area contributed by atoms with Crippen molar-refractivity contribution in [3.05, 3.63) is 54.6 Å². The Hall–Kier alpha value is -1.61. The summed E-state index contributed by atoms with van der Waals surface area (Å²) in [5.41, 5.74) is 2.95. The number of carbonyl (C=O) groups excluding carboxylic acids is 1. The van der Waals surface area contributed by atoms with E-state index in [1.165, 1.54) is 0 Å². The van der Waals surface area contributed by atoms with Gasteiger partial charge in [0.1, 0.15) is 0 Å². The van der Waals surface area contributed by atoms with Crippen LogP contribution >= 0.6 is 15.9 Å². The van der Waals surface area contributed by atoms with Crippen molar-refractivity contribution in [1.29, 1.82) is 0 Å². The van der Waals surface area contributed by atoms with E-state index in [2.05, 4.69) is 21.2 Å². The van der Waals surface area contributed by atoms with Gasteiger partial charge in [-0.2, -0.15) is 0 Å². The van der Waals surface area contributed by atoms with Gasteiger partial charge in [0.15, 0.2) is 0 Å². The second kappa shape index (κ2) is 5.83. The molecule has 2 aromatic rings. The summed E-state index contributed by atoms with van der Waals surface area (Å²) >= 11 is 3.27. The SMILES string of the molecule is CC(Br)C(=O)Nc1ccccc1-c1ccccc1. The molecule has 0 radical (unpaired) electrons. The van der Waals surface area contributed by atoms with Gasteiger partial charge in [-0.05, 0) is 18.6 Å². The van der Waals surface area contributed by atoms with Crippen LogP contribution < -0.4 is 5.32 Å². The topological polar surface area (TPSA) is 29.1 Å². The molecule has 2 nitrogen and oxygen atoms in total. The van der Waals surface area contributed by atoms with E-state index in [9.17, 15) is 4.79 Å². The summed E-state index contributed by atoms with van der Waals surface area (Å²) in [6, 6.07) is 17.8. The molecule has 0 spiro atoms. The second-order valence-electron chi connectivity index (χ2n) is 4.02. The molecule has 3 heteroatoms. The molecule has 2 aromatic carbocycles. The number of benzene rings is 2. The number of carbonyl (C=O) groups is 1. The van der Waals surface area contributed by atoms with Crippen LogP contribution in [0.4, 0.5) is 5.69 Å². The van der Waals surface area contributed by atoms with Gasteiger partial charge in [0.25, 0.3) is 0 Å². The zero-order valence-corrected chi connectivity index (χ0v) is 11.6. The molecule has 0 fully saturated rings. The fourth-order valence-corrected chi connectivity index (χ4v) is 1.81. The monoisotopic (exact) mass is 303 g/mol. The molecule has 0 aliphatic carbocycles. The molecule has 0 saturated heterocycles. The third-order valence-electron chi connectivity index (χ3n) is 2.63. The minimum atomic E-state index is -0.207. The average molecular weight is 304 g/mol. The highest BCUT2D eigenvalue weighted by Gasteiger charge is 2.11. The molecule has 92 valence electrons. The molecule has 1 unspecified atom stereocenters. The van der Waals surface area contributed by atoms with Crippen molar-refractivity contribution < 1.29 is 4.79 Å². The minimum Gasteiger partial charge on any atom is -0.325 e. The summed E-state index contributed by atoms with van der Waals surface area (Å²) in [4.78, 5) is 11.5. The number of nitrogens with one attached hydrogen (secondary N) is 1. The first-order valence-corrected chi connectivity index (χ1v) is 6.69. The Bertz CT molecular complexity index is 537. The third kappa shape index (κ3) is 2.99. The Kier molecular flexibility index (Phi) is 4.15. The van der Waals surface area contributed by atoms with Crippen molar-refractivity contribution in [3.63, 3.8) is 0 Å². The summed E-state index contributed by atoms with van der Waals surface area (Å²) in [6.45, 7) is 1.81. The molecule has 1 atom stereocenters. The van der Waals surface area contributed by atoms with Gasteiger partial charge in [-0.25, -0.2) is 0 Å². The number of halogens is 1. The van der Waals surface area contributed by atoms with Gasteiger partial charge in [0.2, 0.25) is 5.91 Å². The number of hydrogen-bond acceptors (Lipinski definition) is 1. The Morgan fingerprint density at radius 2 is 1.67 bits per heavy atom. The molecule has 2 rings (SSSR count). The largest absolute Gasteiger partial charge is 0.325 e. The quantitative estimate of drug-likeness (QED) is 0.851. The van der Waals surface area contributed by atoms with Crippen LogP contribution in [0, 0.1) is 0 Å². The molecule has 0 saturated carbocycles. The number of alkyl halides is 1. The Balaban J connectivity index is 2.35. The molecule has 0 heterocycles. The highest BCUT2D eigenvalue weighted by molar-refractivity contribution is 9.10. The molecule has 1 amide bonds. The van der Waals surface area contributed by atoms with Crippen molar-refractivity contribution in [2.45, 2.75) is 11.8 Å². The highest BCUT2D eigenvalue weighted by Crippen LogP contribution is 2.27. The maximum atomic E-state index is 11.7. The van der Waals surface area contributed by atoms with Crippen LogP contribution in [0.1, 0.15) is 6.92 Å². The number of anilines is 1. The zero-order chi connectivity index (χ0) is 13.0. The number of rotatable bonds is 3. The number of hydrogen-bond donors (Lipinski definition) is 1. The predicted molar refractivity (Wildman–Crippen MR) is 78.9 cm³/mol. The molecule has 0 aliphatic rings. The van der Waals surface area contributed by atoms with Crippen LogP contribution in [-0.4, -0.2) is 10.7 Å². The summed E-state index contributed by atoms with van der Waals surface area (Å²) in [6.07, 6.45) is 0. The van der Waals surface area contributed by atoms with E-state index in [1.807, 2.05) is 54.6 Å². The van der Waals surface area contributed by atoms with Crippen LogP contribution in [0.25, 0.3) is 11.1 Å². The Labute approximate surface area is 115 Å². The van der Waals surface area contributed by atoms with E-state index in [4.69, 9.17) is 0 Å². The van der Waals surface area contributed by atoms with Gasteiger partial charge in [-0.3, -0.25) is 4.79 Å². The summed E-state index contributed by atoms with van der Waals surface area (Å²) in [5.74, 6) is -0.0432. The molecule has 0 aromatic heterocycles. The lowest BCUT2D eigenvalue weighted by molar-refractivity contribution is -0.115. The first kappa shape index (κ1) is 12.8. The van der Waals surface area contributed by atoms with Crippen molar-refractivity contribution in [2.75, 3.05) is 5.32 Å². The third-order valence-corrected chi connectivity index (χ3v) is 3.05. The zero-order valence-electron chi connectivity index (χ0n) is 10.1. The smallest absolute Gasteiger partial charge is 0.237 e. The first-order chi connectivity index (χ1) is 8.68. The number of amides is 1. The highest BCUT2D eigenvalue weighted by atomic mass is 79.9. The molecular formula is C15H14BrNO. The predicted octanol–water partition coefficient (Wildman–Crippen LogP) is 4.08. The molecule has 18 heavy (non-hydrogen) atoms. The van der Waals surface area contributed by atoms with Crippen molar-refractivity contribution in [3.8, 4) is 11.1 Å². The van der Waals surface area contributed by atoms with E-state index in [-0.39, 0.29) is 10.7 Å². The standard InChI is InChI=1S/C15H14BrNO/c1-11(16)15(18)17-14-10-6-5-9-13(14)12-7-3-2-4-8-12/h2-11H,1H3,(H,17,18). The van der Waals surface area contributed by atoms with E-state index in [0.717, 1.165) is 16.8 Å².